The third kappa shape index (κ3) is 7.89. The Labute approximate surface area is 225 Å². The van der Waals surface area contributed by atoms with Crippen LogP contribution in [0.1, 0.15) is 30.9 Å². The average molecular weight is 525 g/mol. The number of nitrogens with zero attached hydrogens (tertiary/aromatic N) is 2. The molecule has 1 heterocycles. The van der Waals surface area contributed by atoms with Crippen LogP contribution in [-0.4, -0.2) is 80.8 Å². The summed E-state index contributed by atoms with van der Waals surface area (Å²) in [5, 5.41) is 4.06. The van der Waals surface area contributed by atoms with E-state index in [9.17, 15) is 9.59 Å². The summed E-state index contributed by atoms with van der Waals surface area (Å²) < 4.78 is 16.0. The summed E-state index contributed by atoms with van der Waals surface area (Å²) in [4.78, 5) is 33.1. The van der Waals surface area contributed by atoms with Crippen LogP contribution in [0.4, 0.5) is 4.79 Å². The van der Waals surface area contributed by atoms with E-state index in [0.717, 1.165) is 34.9 Å². The minimum absolute atomic E-state index is 0.0392. The molecule has 0 aliphatic rings. The number of para-hydroxylation sites is 1. The first-order valence-electron chi connectivity index (χ1n) is 13.1. The standard InChI is InChI=1S/C29H40N4O5/c1-5-6-14-30-29(35)33(16-17-36-2)21-28(34)32(20-22-11-12-26(37-3)27(18-22)38-4)15-13-23-19-31-25-10-8-7-9-24(23)25/h7-12,18-19,31H,5-6,13-17,20-21H2,1-4H3,(H,30,35). The molecule has 1 aromatic heterocycles. The second-order valence-corrected chi connectivity index (χ2v) is 9.11. The highest BCUT2D eigenvalue weighted by Gasteiger charge is 2.22. The lowest BCUT2D eigenvalue weighted by atomic mass is 10.1. The molecule has 3 aromatic rings. The number of hydrogen-bond donors (Lipinski definition) is 2. The summed E-state index contributed by atoms with van der Waals surface area (Å²) in [6, 6.07) is 13.5. The number of urea groups is 1. The number of rotatable bonds is 15. The molecule has 9 heteroatoms. The van der Waals surface area contributed by atoms with Crippen LogP contribution >= 0.6 is 0 Å². The van der Waals surface area contributed by atoms with Gasteiger partial charge in [-0.05, 0) is 42.2 Å². The van der Waals surface area contributed by atoms with Crippen LogP contribution in [0.25, 0.3) is 10.9 Å². The van der Waals surface area contributed by atoms with Crippen molar-refractivity contribution in [1.82, 2.24) is 20.1 Å². The van der Waals surface area contributed by atoms with Crippen LogP contribution in [-0.2, 0) is 22.5 Å². The lowest BCUT2D eigenvalue weighted by molar-refractivity contribution is -0.132. The molecule has 0 fully saturated rings. The van der Waals surface area contributed by atoms with Gasteiger partial charge in [-0.2, -0.15) is 0 Å². The molecule has 0 unspecified atom stereocenters. The second kappa shape index (κ2) is 14.9. The summed E-state index contributed by atoms with van der Waals surface area (Å²) in [5.74, 6) is 1.09. The van der Waals surface area contributed by atoms with Gasteiger partial charge in [0.1, 0.15) is 6.54 Å². The number of carbonyl (C=O) groups is 2. The van der Waals surface area contributed by atoms with Crippen molar-refractivity contribution in [1.29, 1.82) is 0 Å². The number of aromatic nitrogens is 1. The molecule has 0 saturated carbocycles. The molecule has 0 aliphatic carbocycles. The molecular weight excluding hydrogens is 484 g/mol. The summed E-state index contributed by atoms with van der Waals surface area (Å²) in [7, 11) is 4.76. The molecule has 0 atom stereocenters. The van der Waals surface area contributed by atoms with E-state index >= 15 is 0 Å². The number of amides is 3. The minimum atomic E-state index is -0.258. The van der Waals surface area contributed by atoms with Gasteiger partial charge < -0.3 is 34.3 Å². The summed E-state index contributed by atoms with van der Waals surface area (Å²) >= 11 is 0. The smallest absolute Gasteiger partial charge is 0.317 e. The summed E-state index contributed by atoms with van der Waals surface area (Å²) in [5.41, 5.74) is 3.11. The van der Waals surface area contributed by atoms with Crippen LogP contribution in [0.5, 0.6) is 11.5 Å². The van der Waals surface area contributed by atoms with Crippen molar-refractivity contribution < 1.29 is 23.8 Å². The van der Waals surface area contributed by atoms with Gasteiger partial charge in [0.2, 0.25) is 5.91 Å². The van der Waals surface area contributed by atoms with E-state index in [1.807, 2.05) is 42.6 Å². The Morgan fingerprint density at radius 2 is 1.76 bits per heavy atom. The molecule has 3 rings (SSSR count). The summed E-state index contributed by atoms with van der Waals surface area (Å²) in [6.45, 7) is 4.14. The van der Waals surface area contributed by atoms with Crippen LogP contribution in [0.2, 0.25) is 0 Å². The zero-order chi connectivity index (χ0) is 27.3. The number of methoxy groups -OCH3 is 3. The average Bonchev–Trinajstić information content (AvgIpc) is 3.36. The van der Waals surface area contributed by atoms with Crippen molar-refractivity contribution in [3.63, 3.8) is 0 Å². The van der Waals surface area contributed by atoms with Gasteiger partial charge in [-0.25, -0.2) is 4.79 Å². The predicted molar refractivity (Wildman–Crippen MR) is 149 cm³/mol. The van der Waals surface area contributed by atoms with Gasteiger partial charge in [0.15, 0.2) is 11.5 Å². The maximum atomic E-state index is 13.7. The van der Waals surface area contributed by atoms with Crippen molar-refractivity contribution in [3.05, 3.63) is 59.8 Å². The Hall–Kier alpha value is -3.72. The first-order chi connectivity index (χ1) is 18.5. The van der Waals surface area contributed by atoms with Gasteiger partial charge in [0.05, 0.1) is 20.8 Å². The number of H-pyrrole nitrogens is 1. The Bertz CT molecular complexity index is 1180. The number of benzene rings is 2. The maximum Gasteiger partial charge on any atom is 0.317 e. The number of nitrogens with one attached hydrogen (secondary N) is 2. The third-order valence-electron chi connectivity index (χ3n) is 6.49. The largest absolute Gasteiger partial charge is 0.493 e. The highest BCUT2D eigenvalue weighted by molar-refractivity contribution is 5.85. The fourth-order valence-electron chi connectivity index (χ4n) is 4.29. The van der Waals surface area contributed by atoms with Gasteiger partial charge >= 0.3 is 6.03 Å². The lowest BCUT2D eigenvalue weighted by Gasteiger charge is -2.28. The topological polar surface area (TPSA) is 96.1 Å². The highest BCUT2D eigenvalue weighted by Crippen LogP contribution is 2.28. The molecule has 0 saturated heterocycles. The Morgan fingerprint density at radius 1 is 0.974 bits per heavy atom. The molecule has 38 heavy (non-hydrogen) atoms. The monoisotopic (exact) mass is 524 g/mol. The molecule has 2 N–H and O–H groups in total. The fourth-order valence-corrected chi connectivity index (χ4v) is 4.29. The van der Waals surface area contributed by atoms with Crippen molar-refractivity contribution in [2.75, 3.05) is 54.1 Å². The van der Waals surface area contributed by atoms with Crippen molar-refractivity contribution in [2.24, 2.45) is 0 Å². The zero-order valence-electron chi connectivity index (χ0n) is 22.9. The predicted octanol–water partition coefficient (Wildman–Crippen LogP) is 4.21. The van der Waals surface area contributed by atoms with E-state index in [1.165, 1.54) is 4.90 Å². The first kappa shape index (κ1) is 28.8. The van der Waals surface area contributed by atoms with E-state index in [2.05, 4.69) is 23.3 Å². The van der Waals surface area contributed by atoms with Crippen LogP contribution in [0.3, 0.4) is 0 Å². The van der Waals surface area contributed by atoms with E-state index in [4.69, 9.17) is 14.2 Å². The zero-order valence-corrected chi connectivity index (χ0v) is 22.9. The van der Waals surface area contributed by atoms with Crippen molar-refractivity contribution in [2.45, 2.75) is 32.7 Å². The van der Waals surface area contributed by atoms with Gasteiger partial charge in [0.25, 0.3) is 0 Å². The van der Waals surface area contributed by atoms with Crippen molar-refractivity contribution in [3.8, 4) is 11.5 Å². The lowest BCUT2D eigenvalue weighted by Crippen LogP contribution is -2.48. The Morgan fingerprint density at radius 3 is 2.50 bits per heavy atom. The number of fused-ring (bicyclic) bond motifs is 1. The van der Waals surface area contributed by atoms with Gasteiger partial charge in [0, 0.05) is 50.4 Å². The molecule has 0 bridgehead atoms. The number of unbranched alkanes of at least 4 members (excludes halogenated alkanes) is 1. The van der Waals surface area contributed by atoms with E-state index in [0.29, 0.717) is 50.7 Å². The molecule has 0 spiro atoms. The molecule has 9 nitrogen and oxygen atoms in total. The minimum Gasteiger partial charge on any atom is -0.493 e. The normalized spacial score (nSPS) is 10.8. The van der Waals surface area contributed by atoms with Crippen molar-refractivity contribution >= 4 is 22.8 Å². The van der Waals surface area contributed by atoms with Gasteiger partial charge in [-0.15, -0.1) is 0 Å². The third-order valence-corrected chi connectivity index (χ3v) is 6.49. The van der Waals surface area contributed by atoms with Crippen LogP contribution in [0.15, 0.2) is 48.7 Å². The van der Waals surface area contributed by atoms with Gasteiger partial charge in [-0.3, -0.25) is 4.79 Å². The highest BCUT2D eigenvalue weighted by atomic mass is 16.5. The van der Waals surface area contributed by atoms with E-state index < -0.39 is 0 Å². The Balaban J connectivity index is 1.80. The van der Waals surface area contributed by atoms with E-state index in [1.54, 1.807) is 26.2 Å². The molecule has 2 aromatic carbocycles. The van der Waals surface area contributed by atoms with E-state index in [-0.39, 0.29) is 18.5 Å². The van der Waals surface area contributed by atoms with Gasteiger partial charge in [-0.1, -0.05) is 37.6 Å². The quantitative estimate of drug-likeness (QED) is 0.290. The number of carbonyl (C=O) groups excluding carboxylic acids is 2. The maximum absolute atomic E-state index is 13.7. The number of aromatic amines is 1. The van der Waals surface area contributed by atoms with Crippen LogP contribution < -0.4 is 14.8 Å². The molecular formula is C29H40N4O5. The molecule has 3 amide bonds. The molecule has 0 aliphatic heterocycles. The second-order valence-electron chi connectivity index (χ2n) is 9.11. The SMILES string of the molecule is CCCCNC(=O)N(CCOC)CC(=O)N(CCc1c[nH]c2ccccc12)Cc1ccc(OC)c(OC)c1. The number of ether oxygens (including phenoxy) is 3. The Kier molecular flexibility index (Phi) is 11.3. The molecule has 206 valence electrons. The molecule has 0 radical (unpaired) electrons. The summed E-state index contributed by atoms with van der Waals surface area (Å²) in [6.07, 6.45) is 4.53. The first-order valence-corrected chi connectivity index (χ1v) is 13.1. The van der Waals surface area contributed by atoms with Crippen LogP contribution in [0, 0.1) is 0 Å². The number of hydrogen-bond acceptors (Lipinski definition) is 5. The fraction of sp³-hybridized carbons (Fsp3) is 0.448.